The second-order valence-corrected chi connectivity index (χ2v) is 10.1. The van der Waals surface area contributed by atoms with E-state index in [9.17, 15) is 9.59 Å². The Balaban J connectivity index is 1.30. The zero-order chi connectivity index (χ0) is 23.7. The molecule has 5 rings (SSSR count). The quantitative estimate of drug-likeness (QED) is 0.482. The normalized spacial score (nSPS) is 16.1. The highest BCUT2D eigenvalue weighted by Gasteiger charge is 2.35. The Kier molecular flexibility index (Phi) is 6.61. The Hall–Kier alpha value is -2.84. The molecule has 2 aliphatic rings. The molecule has 2 fully saturated rings. The van der Waals surface area contributed by atoms with Crippen LogP contribution < -0.4 is 0 Å². The number of piperazine rings is 1. The van der Waals surface area contributed by atoms with Crippen molar-refractivity contribution < 1.29 is 9.59 Å². The number of amides is 2. The standard InChI is InChI=1S/C25H26ClN5O2S/c1-17-2-4-18(5-3-17)23-27-28-25(31(23)21-10-8-20(26)9-11-21)34-16-22(32)29-12-14-30(15-13-29)24(33)19-6-7-19/h2-5,8-11,19H,6-7,12-16H2,1H3. The van der Waals surface area contributed by atoms with Crippen LogP contribution in [0.1, 0.15) is 18.4 Å². The van der Waals surface area contributed by atoms with Crippen LogP contribution in [0.15, 0.2) is 53.7 Å². The maximum atomic E-state index is 12.9. The number of rotatable bonds is 6. The Morgan fingerprint density at radius 3 is 2.24 bits per heavy atom. The van der Waals surface area contributed by atoms with Crippen LogP contribution in [0.5, 0.6) is 0 Å². The molecule has 2 heterocycles. The molecule has 2 amide bonds. The van der Waals surface area contributed by atoms with Crippen molar-refractivity contribution in [3.8, 4) is 17.1 Å². The zero-order valence-corrected chi connectivity index (χ0v) is 20.6. The van der Waals surface area contributed by atoms with Crippen molar-refractivity contribution in [3.05, 3.63) is 59.1 Å². The fourth-order valence-electron chi connectivity index (χ4n) is 4.06. The lowest BCUT2D eigenvalue weighted by Crippen LogP contribution is -2.51. The summed E-state index contributed by atoms with van der Waals surface area (Å²) in [5.74, 6) is 1.49. The Morgan fingerprint density at radius 1 is 0.941 bits per heavy atom. The molecule has 9 heteroatoms. The predicted octanol–water partition coefficient (Wildman–Crippen LogP) is 4.07. The van der Waals surface area contributed by atoms with E-state index in [0.717, 1.165) is 24.1 Å². The summed E-state index contributed by atoms with van der Waals surface area (Å²) in [6, 6.07) is 15.6. The van der Waals surface area contributed by atoms with Crippen LogP contribution in [0.3, 0.4) is 0 Å². The molecule has 0 bridgehead atoms. The van der Waals surface area contributed by atoms with Gasteiger partial charge in [0.1, 0.15) is 0 Å². The van der Waals surface area contributed by atoms with Crippen LogP contribution in [-0.2, 0) is 9.59 Å². The average Bonchev–Trinajstić information content (AvgIpc) is 3.63. The largest absolute Gasteiger partial charge is 0.339 e. The van der Waals surface area contributed by atoms with Crippen molar-refractivity contribution >= 4 is 35.2 Å². The van der Waals surface area contributed by atoms with Gasteiger partial charge in [-0.3, -0.25) is 14.2 Å². The van der Waals surface area contributed by atoms with E-state index in [-0.39, 0.29) is 23.5 Å². The smallest absolute Gasteiger partial charge is 0.233 e. The summed E-state index contributed by atoms with van der Waals surface area (Å²) in [7, 11) is 0. The molecule has 2 aromatic carbocycles. The number of aryl methyl sites for hydroxylation is 1. The van der Waals surface area contributed by atoms with Crippen LogP contribution >= 0.6 is 23.4 Å². The van der Waals surface area contributed by atoms with Crippen LogP contribution in [0.25, 0.3) is 17.1 Å². The minimum absolute atomic E-state index is 0.0473. The first-order chi connectivity index (χ1) is 16.5. The van der Waals surface area contributed by atoms with Crippen molar-refractivity contribution in [3.63, 3.8) is 0 Å². The van der Waals surface area contributed by atoms with Gasteiger partial charge in [0, 0.05) is 48.4 Å². The number of hydrogen-bond acceptors (Lipinski definition) is 5. The van der Waals surface area contributed by atoms with Gasteiger partial charge < -0.3 is 9.80 Å². The molecular formula is C25H26ClN5O2S. The fourth-order valence-corrected chi connectivity index (χ4v) is 5.04. The van der Waals surface area contributed by atoms with E-state index in [0.29, 0.717) is 42.2 Å². The molecule has 0 spiro atoms. The molecular weight excluding hydrogens is 470 g/mol. The summed E-state index contributed by atoms with van der Waals surface area (Å²) in [6.45, 7) is 4.43. The number of carbonyl (C=O) groups excluding carboxylic acids is 2. The number of hydrogen-bond donors (Lipinski definition) is 0. The van der Waals surface area contributed by atoms with Crippen molar-refractivity contribution in [1.29, 1.82) is 0 Å². The van der Waals surface area contributed by atoms with Gasteiger partial charge >= 0.3 is 0 Å². The molecule has 34 heavy (non-hydrogen) atoms. The van der Waals surface area contributed by atoms with Crippen LogP contribution in [0, 0.1) is 12.8 Å². The number of carbonyl (C=O) groups is 2. The number of aromatic nitrogens is 3. The topological polar surface area (TPSA) is 71.3 Å². The van der Waals surface area contributed by atoms with E-state index in [2.05, 4.69) is 10.2 Å². The highest BCUT2D eigenvalue weighted by molar-refractivity contribution is 7.99. The van der Waals surface area contributed by atoms with Crippen molar-refractivity contribution in [2.75, 3.05) is 31.9 Å². The SMILES string of the molecule is Cc1ccc(-c2nnc(SCC(=O)N3CCN(C(=O)C4CC4)CC3)n2-c2ccc(Cl)cc2)cc1. The van der Waals surface area contributed by atoms with Gasteiger partial charge in [-0.1, -0.05) is 53.2 Å². The van der Waals surface area contributed by atoms with Crippen molar-refractivity contribution in [1.82, 2.24) is 24.6 Å². The summed E-state index contributed by atoms with van der Waals surface area (Å²) < 4.78 is 1.96. The van der Waals surface area contributed by atoms with E-state index < -0.39 is 0 Å². The second-order valence-electron chi connectivity index (χ2n) is 8.75. The highest BCUT2D eigenvalue weighted by atomic mass is 35.5. The van der Waals surface area contributed by atoms with Crippen molar-refractivity contribution in [2.45, 2.75) is 24.9 Å². The van der Waals surface area contributed by atoms with Crippen LogP contribution in [0.4, 0.5) is 0 Å². The summed E-state index contributed by atoms with van der Waals surface area (Å²) in [6.07, 6.45) is 2.01. The molecule has 0 N–H and O–H groups in total. The number of benzene rings is 2. The van der Waals surface area contributed by atoms with Gasteiger partial charge in [0.15, 0.2) is 11.0 Å². The first-order valence-electron chi connectivity index (χ1n) is 11.5. The molecule has 1 aliphatic heterocycles. The Morgan fingerprint density at radius 2 is 1.59 bits per heavy atom. The highest BCUT2D eigenvalue weighted by Crippen LogP contribution is 2.32. The third kappa shape index (κ3) is 4.98. The monoisotopic (exact) mass is 495 g/mol. The molecule has 1 aromatic heterocycles. The summed E-state index contributed by atoms with van der Waals surface area (Å²) in [5, 5.41) is 10.2. The van der Waals surface area contributed by atoms with Gasteiger partial charge in [-0.05, 0) is 44.0 Å². The molecule has 0 radical (unpaired) electrons. The van der Waals surface area contributed by atoms with E-state index in [1.54, 1.807) is 0 Å². The van der Waals surface area contributed by atoms with E-state index in [1.807, 2.05) is 69.8 Å². The number of nitrogens with zero attached hydrogens (tertiary/aromatic N) is 5. The first kappa shape index (κ1) is 22.9. The molecule has 3 aromatic rings. The lowest BCUT2D eigenvalue weighted by atomic mass is 10.1. The number of thioether (sulfide) groups is 1. The lowest BCUT2D eigenvalue weighted by molar-refractivity contribution is -0.139. The van der Waals surface area contributed by atoms with Crippen LogP contribution in [-0.4, -0.2) is 68.3 Å². The summed E-state index contributed by atoms with van der Waals surface area (Å²) in [5.41, 5.74) is 3.00. The molecule has 0 atom stereocenters. The molecule has 1 saturated carbocycles. The van der Waals surface area contributed by atoms with E-state index in [1.165, 1.54) is 17.3 Å². The third-order valence-electron chi connectivity index (χ3n) is 6.22. The van der Waals surface area contributed by atoms with E-state index in [4.69, 9.17) is 11.6 Å². The lowest BCUT2D eigenvalue weighted by Gasteiger charge is -2.34. The molecule has 1 aliphatic carbocycles. The minimum atomic E-state index is 0.0473. The van der Waals surface area contributed by atoms with Crippen LogP contribution in [0.2, 0.25) is 5.02 Å². The summed E-state index contributed by atoms with van der Waals surface area (Å²) in [4.78, 5) is 28.9. The van der Waals surface area contributed by atoms with Gasteiger partial charge in [0.25, 0.3) is 0 Å². The van der Waals surface area contributed by atoms with Gasteiger partial charge in [-0.2, -0.15) is 0 Å². The zero-order valence-electron chi connectivity index (χ0n) is 19.0. The average molecular weight is 496 g/mol. The van der Waals surface area contributed by atoms with E-state index >= 15 is 0 Å². The van der Waals surface area contributed by atoms with Gasteiger partial charge in [-0.25, -0.2) is 0 Å². The molecule has 7 nitrogen and oxygen atoms in total. The predicted molar refractivity (Wildman–Crippen MR) is 133 cm³/mol. The Labute approximate surface area is 208 Å². The van der Waals surface area contributed by atoms with Gasteiger partial charge in [0.2, 0.25) is 11.8 Å². The second kappa shape index (κ2) is 9.80. The first-order valence-corrected chi connectivity index (χ1v) is 12.8. The van der Waals surface area contributed by atoms with Crippen molar-refractivity contribution in [2.24, 2.45) is 5.92 Å². The Bertz CT molecular complexity index is 1180. The maximum Gasteiger partial charge on any atom is 0.233 e. The van der Waals surface area contributed by atoms with Gasteiger partial charge in [-0.15, -0.1) is 10.2 Å². The molecule has 0 unspecified atom stereocenters. The van der Waals surface area contributed by atoms with Gasteiger partial charge in [0.05, 0.1) is 5.75 Å². The summed E-state index contributed by atoms with van der Waals surface area (Å²) >= 11 is 7.48. The number of halogens is 1. The fraction of sp³-hybridized carbons (Fsp3) is 0.360. The third-order valence-corrected chi connectivity index (χ3v) is 7.39. The molecule has 176 valence electrons. The minimum Gasteiger partial charge on any atom is -0.339 e. The maximum absolute atomic E-state index is 12.9. The molecule has 1 saturated heterocycles.